The number of ether oxygens (including phenoxy) is 1. The Morgan fingerprint density at radius 3 is 1.21 bits per heavy atom. The molecule has 7 rings (SSSR count). The largest absolute Gasteiger partial charge is 0.457 e. The fourth-order valence-electron chi connectivity index (χ4n) is 5.82. The van der Waals surface area contributed by atoms with Gasteiger partial charge in [-0.05, 0) is 76.3 Å². The van der Waals surface area contributed by atoms with Crippen LogP contribution in [-0.2, 0) is 4.79 Å². The highest BCUT2D eigenvalue weighted by molar-refractivity contribution is 6.59. The standard InChI is InChI=1S/C45H30O2/c1-2-32-18-20-33(21-19-32)22-23-34-24-28-39(29-25-34)47-40-30-26-38(27-31-40)42-41(35-12-6-3-7-13-35)43(36-14-8-4-9-15-36)45(46)44(42)37-16-10-5-11-17-37/h2-21,24-31H,1H2. The van der Waals surface area contributed by atoms with Gasteiger partial charge in [-0.15, -0.1) is 0 Å². The third-order valence-electron chi connectivity index (χ3n) is 8.12. The molecule has 2 nitrogen and oxygen atoms in total. The van der Waals surface area contributed by atoms with E-state index in [9.17, 15) is 4.79 Å². The van der Waals surface area contributed by atoms with Gasteiger partial charge in [-0.1, -0.05) is 140 Å². The number of rotatable bonds is 7. The third kappa shape index (κ3) is 6.25. The quantitative estimate of drug-likeness (QED) is 0.170. The second-order valence-electron chi connectivity index (χ2n) is 11.2. The van der Waals surface area contributed by atoms with Crippen LogP contribution in [0.2, 0.25) is 0 Å². The van der Waals surface area contributed by atoms with Crippen LogP contribution in [0.1, 0.15) is 38.9 Å². The second-order valence-corrected chi connectivity index (χ2v) is 11.2. The molecule has 0 bridgehead atoms. The first-order valence-corrected chi connectivity index (χ1v) is 15.5. The molecule has 0 amide bonds. The Hall–Kier alpha value is -6.43. The predicted octanol–water partition coefficient (Wildman–Crippen LogP) is 10.6. The van der Waals surface area contributed by atoms with Gasteiger partial charge < -0.3 is 4.74 Å². The van der Waals surface area contributed by atoms with Gasteiger partial charge >= 0.3 is 0 Å². The minimum absolute atomic E-state index is 0.0218. The highest BCUT2D eigenvalue weighted by Gasteiger charge is 2.35. The summed E-state index contributed by atoms with van der Waals surface area (Å²) in [5, 5.41) is 0. The minimum Gasteiger partial charge on any atom is -0.457 e. The fraction of sp³-hybridized carbons (Fsp3) is 0. The normalized spacial score (nSPS) is 12.5. The molecule has 222 valence electrons. The van der Waals surface area contributed by atoms with Crippen LogP contribution in [0.4, 0.5) is 0 Å². The molecule has 0 radical (unpaired) electrons. The SMILES string of the molecule is C=Cc1ccc(C#Cc2ccc(Oc3ccc(C4=C(c5ccccc5)C(=O)C(c5ccccc5)=C4c4ccccc4)cc3)cc2)cc1. The van der Waals surface area contributed by atoms with Crippen LogP contribution in [0, 0.1) is 11.8 Å². The van der Waals surface area contributed by atoms with Crippen molar-refractivity contribution in [2.45, 2.75) is 0 Å². The summed E-state index contributed by atoms with van der Waals surface area (Å²) in [6.45, 7) is 3.80. The number of Topliss-reactive ketones (excluding diaryl/α,β-unsaturated/α-hetero) is 1. The van der Waals surface area contributed by atoms with Crippen molar-refractivity contribution < 1.29 is 9.53 Å². The van der Waals surface area contributed by atoms with Crippen LogP contribution < -0.4 is 4.74 Å². The molecular formula is C45H30O2. The summed E-state index contributed by atoms with van der Waals surface area (Å²) in [5.41, 5.74) is 9.92. The van der Waals surface area contributed by atoms with Crippen molar-refractivity contribution in [3.05, 3.63) is 209 Å². The number of carbonyl (C=O) groups is 1. The summed E-state index contributed by atoms with van der Waals surface area (Å²) in [6, 6.07) is 53.8. The first-order valence-electron chi connectivity index (χ1n) is 15.5. The highest BCUT2D eigenvalue weighted by Crippen LogP contribution is 2.49. The molecule has 0 atom stereocenters. The molecule has 0 N–H and O–H groups in total. The maximum Gasteiger partial charge on any atom is 0.195 e. The lowest BCUT2D eigenvalue weighted by Crippen LogP contribution is -2.01. The smallest absolute Gasteiger partial charge is 0.195 e. The Kier molecular flexibility index (Phi) is 8.28. The van der Waals surface area contributed by atoms with Gasteiger partial charge in [0.1, 0.15) is 11.5 Å². The van der Waals surface area contributed by atoms with Crippen molar-refractivity contribution in [1.29, 1.82) is 0 Å². The van der Waals surface area contributed by atoms with E-state index >= 15 is 0 Å². The van der Waals surface area contributed by atoms with Gasteiger partial charge in [-0.2, -0.15) is 0 Å². The second kappa shape index (κ2) is 13.3. The molecule has 1 aliphatic carbocycles. The molecule has 0 fully saturated rings. The van der Waals surface area contributed by atoms with Crippen LogP contribution in [0.15, 0.2) is 170 Å². The first-order chi connectivity index (χ1) is 23.2. The van der Waals surface area contributed by atoms with Crippen LogP contribution in [-0.4, -0.2) is 5.78 Å². The summed E-state index contributed by atoms with van der Waals surface area (Å²) in [7, 11) is 0. The molecule has 0 heterocycles. The lowest BCUT2D eigenvalue weighted by atomic mass is 9.89. The summed E-state index contributed by atoms with van der Waals surface area (Å²) >= 11 is 0. The number of hydrogen-bond donors (Lipinski definition) is 0. The molecule has 6 aromatic rings. The predicted molar refractivity (Wildman–Crippen MR) is 193 cm³/mol. The average Bonchev–Trinajstić information content (AvgIpc) is 3.45. The van der Waals surface area contributed by atoms with E-state index in [2.05, 4.69) is 30.6 Å². The fourth-order valence-corrected chi connectivity index (χ4v) is 5.82. The van der Waals surface area contributed by atoms with Crippen LogP contribution in [0.25, 0.3) is 28.4 Å². The molecule has 0 aliphatic heterocycles. The summed E-state index contributed by atoms with van der Waals surface area (Å²) < 4.78 is 6.22. The highest BCUT2D eigenvalue weighted by atomic mass is 16.5. The van der Waals surface area contributed by atoms with Crippen LogP contribution in [0.5, 0.6) is 11.5 Å². The maximum atomic E-state index is 14.4. The van der Waals surface area contributed by atoms with Gasteiger partial charge in [0.25, 0.3) is 0 Å². The Morgan fingerprint density at radius 1 is 0.426 bits per heavy atom. The maximum absolute atomic E-state index is 14.4. The van der Waals surface area contributed by atoms with Crippen molar-refractivity contribution >= 4 is 34.2 Å². The Balaban J connectivity index is 1.22. The van der Waals surface area contributed by atoms with Crippen molar-refractivity contribution in [3.63, 3.8) is 0 Å². The first kappa shape index (κ1) is 29.3. The molecule has 0 saturated heterocycles. The summed E-state index contributed by atoms with van der Waals surface area (Å²) in [4.78, 5) is 14.4. The van der Waals surface area contributed by atoms with E-state index < -0.39 is 0 Å². The molecule has 0 spiro atoms. The zero-order valence-corrected chi connectivity index (χ0v) is 25.7. The molecular weight excluding hydrogens is 572 g/mol. The average molecular weight is 603 g/mol. The summed E-state index contributed by atoms with van der Waals surface area (Å²) in [5.74, 6) is 7.86. The van der Waals surface area contributed by atoms with Crippen molar-refractivity contribution in [2.75, 3.05) is 0 Å². The van der Waals surface area contributed by atoms with E-state index in [1.54, 1.807) is 0 Å². The van der Waals surface area contributed by atoms with Gasteiger partial charge in [0.05, 0.1) is 0 Å². The molecule has 6 aromatic carbocycles. The van der Waals surface area contributed by atoms with Crippen molar-refractivity contribution in [2.24, 2.45) is 0 Å². The monoisotopic (exact) mass is 602 g/mol. The van der Waals surface area contributed by atoms with Crippen LogP contribution >= 0.6 is 0 Å². The molecule has 1 aliphatic rings. The van der Waals surface area contributed by atoms with Crippen molar-refractivity contribution in [3.8, 4) is 23.3 Å². The Bertz CT molecular complexity index is 2180. The Labute approximate surface area is 275 Å². The third-order valence-corrected chi connectivity index (χ3v) is 8.12. The zero-order chi connectivity index (χ0) is 32.0. The lowest BCUT2D eigenvalue weighted by Gasteiger charge is -2.14. The van der Waals surface area contributed by atoms with E-state index in [1.165, 1.54) is 0 Å². The van der Waals surface area contributed by atoms with Crippen LogP contribution in [0.3, 0.4) is 0 Å². The van der Waals surface area contributed by atoms with E-state index in [0.29, 0.717) is 16.9 Å². The van der Waals surface area contributed by atoms with Gasteiger partial charge in [-0.25, -0.2) is 0 Å². The van der Waals surface area contributed by atoms with E-state index in [1.807, 2.05) is 158 Å². The van der Waals surface area contributed by atoms with Gasteiger partial charge in [0.15, 0.2) is 5.78 Å². The number of ketones is 1. The van der Waals surface area contributed by atoms with E-state index in [4.69, 9.17) is 4.74 Å². The molecule has 0 aromatic heterocycles. The number of benzene rings is 6. The number of carbonyl (C=O) groups excluding carboxylic acids is 1. The number of allylic oxidation sites excluding steroid dienone is 4. The topological polar surface area (TPSA) is 26.3 Å². The van der Waals surface area contributed by atoms with Gasteiger partial charge in [-0.3, -0.25) is 4.79 Å². The number of hydrogen-bond acceptors (Lipinski definition) is 2. The van der Waals surface area contributed by atoms with Crippen molar-refractivity contribution in [1.82, 2.24) is 0 Å². The zero-order valence-electron chi connectivity index (χ0n) is 25.7. The Morgan fingerprint density at radius 2 is 0.787 bits per heavy atom. The molecule has 0 saturated carbocycles. The lowest BCUT2D eigenvalue weighted by molar-refractivity contribution is -0.108. The van der Waals surface area contributed by atoms with Gasteiger partial charge in [0.2, 0.25) is 0 Å². The minimum atomic E-state index is 0.0218. The van der Waals surface area contributed by atoms with E-state index in [-0.39, 0.29) is 5.78 Å². The molecule has 47 heavy (non-hydrogen) atoms. The molecule has 0 unspecified atom stereocenters. The van der Waals surface area contributed by atoms with Gasteiger partial charge in [0, 0.05) is 33.4 Å². The molecule has 2 heteroatoms. The van der Waals surface area contributed by atoms with E-state index in [0.717, 1.165) is 55.8 Å². The summed E-state index contributed by atoms with van der Waals surface area (Å²) in [6.07, 6.45) is 1.82.